The van der Waals surface area contributed by atoms with E-state index >= 15 is 0 Å². The van der Waals surface area contributed by atoms with Crippen LogP contribution in [0.25, 0.3) is 11.4 Å². The summed E-state index contributed by atoms with van der Waals surface area (Å²) in [5.41, 5.74) is 1.13. The van der Waals surface area contributed by atoms with Gasteiger partial charge in [-0.3, -0.25) is 4.98 Å². The number of aromatic nitrogens is 4. The summed E-state index contributed by atoms with van der Waals surface area (Å²) in [6, 6.07) is 9.98. The van der Waals surface area contributed by atoms with Crippen LogP contribution in [-0.2, 0) is 0 Å². The molecule has 0 aliphatic rings. The third-order valence-corrected chi connectivity index (χ3v) is 3.04. The van der Waals surface area contributed by atoms with Gasteiger partial charge >= 0.3 is 0 Å². The summed E-state index contributed by atoms with van der Waals surface area (Å²) in [5.74, 6) is -0.0671. The smallest absolute Gasteiger partial charge is 0.216 e. The Morgan fingerprint density at radius 2 is 2.10 bits per heavy atom. The summed E-state index contributed by atoms with van der Waals surface area (Å²) in [5, 5.41) is 10.9. The molecule has 0 fully saturated rings. The molecule has 0 aliphatic carbocycles. The van der Waals surface area contributed by atoms with E-state index in [1.54, 1.807) is 42.9 Å². The van der Waals surface area contributed by atoms with Crippen molar-refractivity contribution in [3.63, 3.8) is 0 Å². The Bertz CT molecular complexity index is 838. The summed E-state index contributed by atoms with van der Waals surface area (Å²) < 4.78 is 15.5. The van der Waals surface area contributed by atoms with E-state index in [9.17, 15) is 4.39 Å². The molecular weight excluding hydrogens is 289 g/mol. The van der Waals surface area contributed by atoms with Crippen LogP contribution in [0.2, 0.25) is 0 Å². The maximum atomic E-state index is 13.9. The molecule has 104 valence electrons. The number of hydrogen-bond acceptors (Lipinski definition) is 4. The second-order valence-corrected chi connectivity index (χ2v) is 4.56. The zero-order chi connectivity index (χ0) is 14.7. The minimum absolute atomic E-state index is 0.286. The molecule has 3 aromatic rings. The van der Waals surface area contributed by atoms with Gasteiger partial charge in [0.15, 0.2) is 5.82 Å². The van der Waals surface area contributed by atoms with Crippen LogP contribution in [0.15, 0.2) is 53.9 Å². The van der Waals surface area contributed by atoms with E-state index in [4.69, 9.17) is 12.2 Å². The van der Waals surface area contributed by atoms with Crippen molar-refractivity contribution in [3.8, 4) is 11.4 Å². The third-order valence-electron chi connectivity index (χ3n) is 2.77. The Morgan fingerprint density at radius 1 is 1.24 bits per heavy atom. The second-order valence-electron chi connectivity index (χ2n) is 4.17. The monoisotopic (exact) mass is 299 g/mol. The Balaban J connectivity index is 2.05. The van der Waals surface area contributed by atoms with E-state index in [1.807, 2.05) is 6.07 Å². The second kappa shape index (κ2) is 5.76. The fraction of sp³-hybridized carbons (Fsp3) is 0. The highest BCUT2D eigenvalue weighted by atomic mass is 32.1. The molecule has 5 nitrogen and oxygen atoms in total. The lowest BCUT2D eigenvalue weighted by Gasteiger charge is -2.01. The first-order valence-corrected chi connectivity index (χ1v) is 6.53. The molecule has 0 spiro atoms. The minimum Gasteiger partial charge on any atom is -0.264 e. The standard InChI is InChI=1S/C14H10FN5S/c15-12-6-2-1-5-11(12)13-18-19-14(21)20(13)17-9-10-4-3-7-16-8-10/h1-9H,(H,19,21)/b17-9-. The number of nitrogens with one attached hydrogen (secondary N) is 1. The lowest BCUT2D eigenvalue weighted by atomic mass is 10.2. The molecule has 1 N–H and O–H groups in total. The van der Waals surface area contributed by atoms with Crippen LogP contribution in [0.5, 0.6) is 0 Å². The van der Waals surface area contributed by atoms with Gasteiger partial charge in [-0.05, 0) is 30.4 Å². The molecule has 7 heteroatoms. The quantitative estimate of drug-likeness (QED) is 0.597. The van der Waals surface area contributed by atoms with Crippen LogP contribution >= 0.6 is 12.2 Å². The number of rotatable bonds is 3. The zero-order valence-electron chi connectivity index (χ0n) is 10.8. The molecule has 2 heterocycles. The Kier molecular flexibility index (Phi) is 3.65. The van der Waals surface area contributed by atoms with Gasteiger partial charge in [0, 0.05) is 18.0 Å². The SMILES string of the molecule is Fc1ccccc1-c1n[nH]c(=S)n1/N=C\c1cccnc1. The normalized spacial score (nSPS) is 11.1. The van der Waals surface area contributed by atoms with E-state index in [1.165, 1.54) is 10.7 Å². The van der Waals surface area contributed by atoms with Crippen molar-refractivity contribution in [3.05, 3.63) is 64.9 Å². The summed E-state index contributed by atoms with van der Waals surface area (Å²) in [6.45, 7) is 0. The predicted octanol–water partition coefficient (Wildman–Crippen LogP) is 3.02. The predicted molar refractivity (Wildman–Crippen MR) is 80.0 cm³/mol. The number of hydrogen-bond donors (Lipinski definition) is 1. The number of nitrogens with zero attached hydrogens (tertiary/aromatic N) is 4. The molecule has 0 atom stereocenters. The van der Waals surface area contributed by atoms with Gasteiger partial charge in [0.2, 0.25) is 4.77 Å². The van der Waals surface area contributed by atoms with Gasteiger partial charge in [0.25, 0.3) is 0 Å². The van der Waals surface area contributed by atoms with E-state index < -0.39 is 0 Å². The molecule has 0 amide bonds. The fourth-order valence-electron chi connectivity index (χ4n) is 1.79. The summed E-state index contributed by atoms with van der Waals surface area (Å²) in [7, 11) is 0. The topological polar surface area (TPSA) is 58.9 Å². The van der Waals surface area contributed by atoms with Gasteiger partial charge in [0.1, 0.15) is 5.82 Å². The molecule has 1 aromatic carbocycles. The van der Waals surface area contributed by atoms with Crippen molar-refractivity contribution in [2.45, 2.75) is 0 Å². The zero-order valence-corrected chi connectivity index (χ0v) is 11.6. The number of halogens is 1. The molecular formula is C14H10FN5S. The number of benzene rings is 1. The van der Waals surface area contributed by atoms with Gasteiger partial charge in [-0.1, -0.05) is 18.2 Å². The van der Waals surface area contributed by atoms with Crippen molar-refractivity contribution in [2.24, 2.45) is 5.10 Å². The summed E-state index contributed by atoms with van der Waals surface area (Å²) >= 11 is 5.12. The van der Waals surface area contributed by atoms with E-state index in [-0.39, 0.29) is 10.6 Å². The Morgan fingerprint density at radius 3 is 2.86 bits per heavy atom. The van der Waals surface area contributed by atoms with Crippen molar-refractivity contribution in [1.29, 1.82) is 0 Å². The van der Waals surface area contributed by atoms with Crippen LogP contribution < -0.4 is 0 Å². The van der Waals surface area contributed by atoms with Crippen molar-refractivity contribution < 1.29 is 4.39 Å². The Hall–Kier alpha value is -2.67. The number of H-pyrrole nitrogens is 1. The first kappa shape index (κ1) is 13.3. The largest absolute Gasteiger partial charge is 0.264 e. The summed E-state index contributed by atoms with van der Waals surface area (Å²) in [4.78, 5) is 3.99. The molecule has 0 radical (unpaired) electrons. The first-order chi connectivity index (χ1) is 10.3. The lowest BCUT2D eigenvalue weighted by molar-refractivity contribution is 0.628. The highest BCUT2D eigenvalue weighted by Crippen LogP contribution is 2.20. The van der Waals surface area contributed by atoms with E-state index in [2.05, 4.69) is 20.3 Å². The van der Waals surface area contributed by atoms with Gasteiger partial charge in [-0.2, -0.15) is 14.9 Å². The molecule has 3 rings (SSSR count). The molecule has 0 saturated heterocycles. The third kappa shape index (κ3) is 2.77. The Labute approximate surface area is 124 Å². The molecule has 0 bridgehead atoms. The van der Waals surface area contributed by atoms with Gasteiger partial charge < -0.3 is 0 Å². The maximum Gasteiger partial charge on any atom is 0.216 e. The highest BCUT2D eigenvalue weighted by molar-refractivity contribution is 7.71. The van der Waals surface area contributed by atoms with Gasteiger partial charge in [-0.25, -0.2) is 9.49 Å². The molecule has 0 saturated carbocycles. The van der Waals surface area contributed by atoms with Crippen molar-refractivity contribution in [2.75, 3.05) is 0 Å². The van der Waals surface area contributed by atoms with E-state index in [0.717, 1.165) is 5.56 Å². The van der Waals surface area contributed by atoms with Crippen LogP contribution in [0, 0.1) is 10.6 Å². The van der Waals surface area contributed by atoms with Crippen LogP contribution in [-0.4, -0.2) is 26.1 Å². The molecule has 0 aliphatic heterocycles. The van der Waals surface area contributed by atoms with Crippen LogP contribution in [0.3, 0.4) is 0 Å². The lowest BCUT2D eigenvalue weighted by Crippen LogP contribution is -1.96. The van der Waals surface area contributed by atoms with Gasteiger partial charge in [0.05, 0.1) is 11.8 Å². The van der Waals surface area contributed by atoms with E-state index in [0.29, 0.717) is 11.4 Å². The maximum absolute atomic E-state index is 13.9. The highest BCUT2D eigenvalue weighted by Gasteiger charge is 2.11. The van der Waals surface area contributed by atoms with Crippen molar-refractivity contribution in [1.82, 2.24) is 19.9 Å². The average molecular weight is 299 g/mol. The molecule has 0 unspecified atom stereocenters. The number of aromatic amines is 1. The summed E-state index contributed by atoms with van der Waals surface area (Å²) in [6.07, 6.45) is 4.92. The number of pyridine rings is 1. The van der Waals surface area contributed by atoms with Crippen molar-refractivity contribution >= 4 is 18.4 Å². The minimum atomic E-state index is -0.385. The molecule has 21 heavy (non-hydrogen) atoms. The average Bonchev–Trinajstić information content (AvgIpc) is 2.88. The van der Waals surface area contributed by atoms with Crippen LogP contribution in [0.1, 0.15) is 5.56 Å². The molecule has 2 aromatic heterocycles. The first-order valence-electron chi connectivity index (χ1n) is 6.12. The fourth-order valence-corrected chi connectivity index (χ4v) is 1.97. The van der Waals surface area contributed by atoms with Gasteiger partial charge in [-0.15, -0.1) is 0 Å². The van der Waals surface area contributed by atoms with Crippen LogP contribution in [0.4, 0.5) is 4.39 Å².